The Hall–Kier alpha value is -1.96. The monoisotopic (exact) mass is 312 g/mol. The number of rotatable bonds is 0. The number of benzene rings is 2. The van der Waals surface area contributed by atoms with Gasteiger partial charge in [0.2, 0.25) is 0 Å². The van der Waals surface area contributed by atoms with Crippen LogP contribution in [-0.2, 0) is 0 Å². The van der Waals surface area contributed by atoms with Crippen molar-refractivity contribution in [1.82, 2.24) is 0 Å². The fraction of sp³-hybridized carbons (Fsp3) is 0. The van der Waals surface area contributed by atoms with E-state index in [9.17, 15) is 9.59 Å². The van der Waals surface area contributed by atoms with Gasteiger partial charge in [-0.25, -0.2) is 0 Å². The van der Waals surface area contributed by atoms with Gasteiger partial charge in [-0.2, -0.15) is 0 Å². The van der Waals surface area contributed by atoms with Crippen molar-refractivity contribution in [1.29, 1.82) is 0 Å². The summed E-state index contributed by atoms with van der Waals surface area (Å²) in [6.07, 6.45) is 0. The van der Waals surface area contributed by atoms with Crippen LogP contribution >= 0.6 is 0 Å². The molecule has 0 spiro atoms. The molecule has 2 nitrogen and oxygen atoms in total. The summed E-state index contributed by atoms with van der Waals surface area (Å²) in [4.78, 5) is 25.1. The maximum atomic E-state index is 12.6. The second-order valence-corrected chi connectivity index (χ2v) is 6.71. The molecule has 1 aromatic heterocycles. The number of carbonyl (C=O) groups is 2. The number of hydrogen-bond donors (Lipinski definition) is 0. The summed E-state index contributed by atoms with van der Waals surface area (Å²) >= 11 is -0.0494. The van der Waals surface area contributed by atoms with Gasteiger partial charge in [-0.1, -0.05) is 0 Å². The van der Waals surface area contributed by atoms with Gasteiger partial charge in [0.1, 0.15) is 0 Å². The second kappa shape index (κ2) is 3.77. The molecule has 0 aliphatic heterocycles. The van der Waals surface area contributed by atoms with E-state index in [1.165, 1.54) is 0 Å². The molecule has 0 fully saturated rings. The minimum atomic E-state index is -0.0494. The van der Waals surface area contributed by atoms with Crippen molar-refractivity contribution in [2.45, 2.75) is 0 Å². The van der Waals surface area contributed by atoms with Crippen LogP contribution < -0.4 is 0 Å². The van der Waals surface area contributed by atoms with Crippen molar-refractivity contribution < 1.29 is 9.59 Å². The van der Waals surface area contributed by atoms with Gasteiger partial charge < -0.3 is 0 Å². The summed E-state index contributed by atoms with van der Waals surface area (Å²) < 4.78 is 1.85. The van der Waals surface area contributed by atoms with Crippen molar-refractivity contribution in [3.63, 3.8) is 0 Å². The third-order valence-corrected chi connectivity index (χ3v) is 5.90. The van der Waals surface area contributed by atoms with E-state index < -0.39 is 0 Å². The number of carbonyl (C=O) groups excluding carboxylic acids is 2. The standard InChI is InChI=1S/C16H8O2Se/c17-14-9-5-1-2-6-10(9)15(18)16-13(14)11-7-3-4-8-12(11)19-16/h1-8H. The molecule has 0 N–H and O–H groups in total. The van der Waals surface area contributed by atoms with E-state index in [2.05, 4.69) is 0 Å². The molecule has 19 heavy (non-hydrogen) atoms. The fourth-order valence-corrected chi connectivity index (χ4v) is 4.99. The van der Waals surface area contributed by atoms with E-state index in [0.717, 1.165) is 14.1 Å². The Kier molecular flexibility index (Phi) is 2.16. The summed E-state index contributed by atoms with van der Waals surface area (Å²) in [5.41, 5.74) is 1.74. The van der Waals surface area contributed by atoms with Crippen LogP contribution in [0.5, 0.6) is 0 Å². The van der Waals surface area contributed by atoms with E-state index in [4.69, 9.17) is 0 Å². The van der Waals surface area contributed by atoms with Crippen LogP contribution in [0, 0.1) is 0 Å². The van der Waals surface area contributed by atoms with Crippen molar-refractivity contribution in [3.8, 4) is 0 Å². The van der Waals surface area contributed by atoms with Crippen LogP contribution in [0.3, 0.4) is 0 Å². The Morgan fingerprint density at radius 3 is 2.16 bits per heavy atom. The molecule has 3 aromatic rings. The van der Waals surface area contributed by atoms with E-state index >= 15 is 0 Å². The zero-order valence-electron chi connectivity index (χ0n) is 9.84. The number of ketones is 2. The zero-order valence-corrected chi connectivity index (χ0v) is 11.6. The van der Waals surface area contributed by atoms with Crippen LogP contribution in [0.4, 0.5) is 0 Å². The maximum absolute atomic E-state index is 12.6. The summed E-state index contributed by atoms with van der Waals surface area (Å²) in [5, 5.41) is 0.949. The van der Waals surface area contributed by atoms with Crippen molar-refractivity contribution in [3.05, 3.63) is 69.7 Å². The molecule has 0 bridgehead atoms. The molecule has 2 aromatic carbocycles. The minimum absolute atomic E-state index is 0.00275. The van der Waals surface area contributed by atoms with Gasteiger partial charge >= 0.3 is 115 Å². The van der Waals surface area contributed by atoms with E-state index in [-0.39, 0.29) is 26.1 Å². The summed E-state index contributed by atoms with van der Waals surface area (Å²) in [5.74, 6) is 0.0263. The first kappa shape index (κ1) is 10.9. The van der Waals surface area contributed by atoms with Crippen LogP contribution in [0.1, 0.15) is 30.7 Å². The molecule has 3 heteroatoms. The molecule has 90 valence electrons. The average Bonchev–Trinajstić information content (AvgIpc) is 2.84. The molecule has 1 aliphatic carbocycles. The van der Waals surface area contributed by atoms with Gasteiger partial charge in [-0.15, -0.1) is 0 Å². The second-order valence-electron chi connectivity index (χ2n) is 4.51. The Bertz CT molecular complexity index is 858. The quantitative estimate of drug-likeness (QED) is 0.468. The van der Waals surface area contributed by atoms with E-state index in [0.29, 0.717) is 16.7 Å². The zero-order chi connectivity index (χ0) is 13.0. The molecule has 4 rings (SSSR count). The average molecular weight is 311 g/mol. The van der Waals surface area contributed by atoms with Gasteiger partial charge in [0.05, 0.1) is 0 Å². The molecule has 1 aliphatic rings. The van der Waals surface area contributed by atoms with Gasteiger partial charge in [0.25, 0.3) is 0 Å². The van der Waals surface area contributed by atoms with Gasteiger partial charge in [-0.05, 0) is 0 Å². The summed E-state index contributed by atoms with van der Waals surface area (Å²) in [6, 6.07) is 14.9. The fourth-order valence-electron chi connectivity index (χ4n) is 2.57. The third-order valence-electron chi connectivity index (χ3n) is 3.45. The molecule has 0 saturated carbocycles. The van der Waals surface area contributed by atoms with Gasteiger partial charge in [0.15, 0.2) is 0 Å². The van der Waals surface area contributed by atoms with E-state index in [1.54, 1.807) is 12.1 Å². The predicted octanol–water partition coefficient (Wildman–Crippen LogP) is 2.67. The molecule has 0 amide bonds. The van der Waals surface area contributed by atoms with Crippen molar-refractivity contribution in [2.24, 2.45) is 0 Å². The third kappa shape index (κ3) is 1.37. The summed E-state index contributed by atoms with van der Waals surface area (Å²) in [7, 11) is 0. The molecular weight excluding hydrogens is 303 g/mol. The van der Waals surface area contributed by atoms with Crippen LogP contribution in [0.25, 0.3) is 9.65 Å². The first-order valence-corrected chi connectivity index (χ1v) is 7.68. The molecule has 0 unspecified atom stereocenters. The van der Waals surface area contributed by atoms with Crippen LogP contribution in [-0.4, -0.2) is 26.1 Å². The SMILES string of the molecule is O=C1c2ccccc2C(=O)c2c1[se]c1ccccc21. The normalized spacial score (nSPS) is 13.5. The van der Waals surface area contributed by atoms with Gasteiger partial charge in [0, 0.05) is 0 Å². The van der Waals surface area contributed by atoms with E-state index in [1.807, 2.05) is 36.4 Å². The Balaban J connectivity index is 2.14. The van der Waals surface area contributed by atoms with Crippen molar-refractivity contribution >= 4 is 35.7 Å². The Morgan fingerprint density at radius 2 is 1.37 bits per heavy atom. The van der Waals surface area contributed by atoms with Crippen LogP contribution in [0.15, 0.2) is 48.5 Å². The predicted molar refractivity (Wildman–Crippen MR) is 74.2 cm³/mol. The Morgan fingerprint density at radius 1 is 0.737 bits per heavy atom. The van der Waals surface area contributed by atoms with Crippen molar-refractivity contribution in [2.75, 3.05) is 0 Å². The van der Waals surface area contributed by atoms with Crippen LogP contribution in [0.2, 0.25) is 0 Å². The first-order valence-electron chi connectivity index (χ1n) is 5.97. The molecular formula is C16H8O2Se. The number of hydrogen-bond acceptors (Lipinski definition) is 2. The molecule has 0 atom stereocenters. The molecule has 1 heterocycles. The van der Waals surface area contributed by atoms with Gasteiger partial charge in [-0.3, -0.25) is 0 Å². The first-order chi connectivity index (χ1) is 9.27. The Labute approximate surface area is 115 Å². The topological polar surface area (TPSA) is 34.1 Å². The molecule has 0 radical (unpaired) electrons. The summed E-state index contributed by atoms with van der Waals surface area (Å²) in [6.45, 7) is 0. The molecule has 0 saturated heterocycles. The number of fused-ring (bicyclic) bond motifs is 4.